The summed E-state index contributed by atoms with van der Waals surface area (Å²) >= 11 is 1.10. The Morgan fingerprint density at radius 3 is 2.69 bits per heavy atom. The van der Waals surface area contributed by atoms with Gasteiger partial charge in [0.15, 0.2) is 10.7 Å². The maximum absolute atomic E-state index is 12.0. The Balaban J connectivity index is 0.00000144. The monoisotopic (exact) mass is 375 g/mol. The topological polar surface area (TPSA) is 45.8 Å². The second-order valence-electron chi connectivity index (χ2n) is 1.90. The van der Waals surface area contributed by atoms with Gasteiger partial charge in [-0.15, -0.1) is 6.07 Å². The molecular weight excluding hydrogens is 370 g/mol. The number of hydrogen-bond donors (Lipinski definition) is 1. The number of rotatable bonds is 2. The molecule has 0 aromatic carbocycles. The third kappa shape index (κ3) is 3.48. The van der Waals surface area contributed by atoms with E-state index in [0.29, 0.717) is 0 Å². The molecule has 1 rings (SSSR count). The van der Waals surface area contributed by atoms with E-state index in [4.69, 9.17) is 0 Å². The normalized spacial score (nSPS) is 9.15. The van der Waals surface area contributed by atoms with Crippen molar-refractivity contribution < 1.29 is 29.8 Å². The molecule has 72 valence electrons. The minimum Gasteiger partial charge on any atom is -0.317 e. The summed E-state index contributed by atoms with van der Waals surface area (Å²) in [7, 11) is 0. The van der Waals surface area contributed by atoms with Crippen LogP contribution in [-0.2, 0) is 21.1 Å². The van der Waals surface area contributed by atoms with Crippen LogP contribution in [0.5, 0.6) is 0 Å². The number of aromatic nitrogens is 2. The zero-order chi connectivity index (χ0) is 9.14. The van der Waals surface area contributed by atoms with Gasteiger partial charge < -0.3 is 4.98 Å². The molecule has 1 aromatic rings. The van der Waals surface area contributed by atoms with Gasteiger partial charge in [-0.25, -0.2) is 0 Å². The van der Waals surface area contributed by atoms with Crippen LogP contribution in [0.4, 0.5) is 8.78 Å². The number of thioether (sulfide) groups is 1. The fourth-order valence-electron chi connectivity index (χ4n) is 0.629. The first kappa shape index (κ1) is 12.6. The molecule has 0 saturated heterocycles. The first-order valence-corrected chi connectivity index (χ1v) is 4.19. The third-order valence-corrected chi connectivity index (χ3v) is 1.69. The summed E-state index contributed by atoms with van der Waals surface area (Å²) < 4.78 is 23.9. The van der Waals surface area contributed by atoms with Gasteiger partial charge in [0, 0.05) is 21.1 Å². The van der Waals surface area contributed by atoms with Gasteiger partial charge in [0.05, 0.1) is 0 Å². The molecule has 1 heterocycles. The largest absolute Gasteiger partial charge is 0.317 e. The van der Waals surface area contributed by atoms with Crippen molar-refractivity contribution in [1.82, 2.24) is 9.97 Å². The van der Waals surface area contributed by atoms with E-state index in [1.165, 1.54) is 0 Å². The predicted octanol–water partition coefficient (Wildman–Crippen LogP) is 1.27. The van der Waals surface area contributed by atoms with Crippen LogP contribution in [0.1, 0.15) is 5.69 Å². The zero-order valence-electron chi connectivity index (χ0n) is 6.51. The van der Waals surface area contributed by atoms with Gasteiger partial charge in [0.25, 0.3) is 0 Å². The Kier molecular flexibility index (Phi) is 5.25. The maximum Gasteiger partial charge on any atom is 0.170 e. The standard InChI is InChI=1S/C6H5F2N2OS.W/c1-12-6-9-3(5(7)8)2-4(11)10-6;/h2H,1H3,(H,9,10,11);/q-1;. The van der Waals surface area contributed by atoms with Crippen LogP contribution < -0.4 is 5.56 Å². The van der Waals surface area contributed by atoms with Crippen molar-refractivity contribution in [3.8, 4) is 0 Å². The number of hydrogen-bond acceptors (Lipinski definition) is 3. The van der Waals surface area contributed by atoms with E-state index < -0.39 is 17.7 Å². The molecule has 7 heteroatoms. The van der Waals surface area contributed by atoms with Gasteiger partial charge in [-0.1, -0.05) is 11.8 Å². The Hall–Kier alpha value is -0.352. The number of aromatic amines is 1. The second-order valence-corrected chi connectivity index (χ2v) is 2.70. The second kappa shape index (κ2) is 5.39. The molecule has 0 saturated carbocycles. The van der Waals surface area contributed by atoms with Gasteiger partial charge in [0.2, 0.25) is 0 Å². The molecule has 0 atom stereocenters. The Morgan fingerprint density at radius 2 is 2.23 bits per heavy atom. The molecular formula is C6H5F2N2OSW-. The molecule has 0 aliphatic carbocycles. The molecule has 0 aliphatic heterocycles. The smallest absolute Gasteiger partial charge is 0.170 e. The fourth-order valence-corrected chi connectivity index (χ4v) is 1.02. The van der Waals surface area contributed by atoms with Crippen molar-refractivity contribution in [2.75, 3.05) is 6.26 Å². The minimum absolute atomic E-state index is 0. The summed E-state index contributed by atoms with van der Waals surface area (Å²) in [4.78, 5) is 16.5. The van der Waals surface area contributed by atoms with Crippen LogP contribution in [0.2, 0.25) is 0 Å². The van der Waals surface area contributed by atoms with Crippen LogP contribution in [0.15, 0.2) is 16.0 Å². The summed E-state index contributed by atoms with van der Waals surface area (Å²) in [5.74, 6) is 0. The van der Waals surface area contributed by atoms with Crippen molar-refractivity contribution in [2.24, 2.45) is 0 Å². The van der Waals surface area contributed by atoms with Gasteiger partial charge >= 0.3 is 0 Å². The van der Waals surface area contributed by atoms with E-state index in [9.17, 15) is 13.6 Å². The molecule has 13 heavy (non-hydrogen) atoms. The number of nitrogens with one attached hydrogen (secondary N) is 1. The fraction of sp³-hybridized carbons (Fsp3) is 0.167. The predicted molar refractivity (Wildman–Crippen MR) is 41.2 cm³/mol. The summed E-state index contributed by atoms with van der Waals surface area (Å²) in [5.41, 5.74) is -1.14. The first-order chi connectivity index (χ1) is 5.63. The Labute approximate surface area is 91.6 Å². The molecule has 0 fully saturated rings. The van der Waals surface area contributed by atoms with E-state index in [1.54, 1.807) is 6.26 Å². The Bertz CT molecular complexity index is 331. The SMILES string of the molecule is CSc1nc([C-](F)F)cc(=O)[nH]1.[W]. The minimum atomic E-state index is -1.95. The van der Waals surface area contributed by atoms with E-state index >= 15 is 0 Å². The van der Waals surface area contributed by atoms with Gasteiger partial charge in [-0.2, -0.15) is 0 Å². The van der Waals surface area contributed by atoms with Crippen molar-refractivity contribution >= 4 is 11.8 Å². The molecule has 1 aromatic heterocycles. The molecule has 0 unspecified atom stereocenters. The Morgan fingerprint density at radius 1 is 1.62 bits per heavy atom. The van der Waals surface area contributed by atoms with Crippen LogP contribution in [0.25, 0.3) is 0 Å². The average Bonchev–Trinajstić information content (AvgIpc) is 2.03. The van der Waals surface area contributed by atoms with Crippen molar-refractivity contribution in [3.63, 3.8) is 0 Å². The van der Waals surface area contributed by atoms with Crippen molar-refractivity contribution in [1.29, 1.82) is 0 Å². The quantitative estimate of drug-likeness (QED) is 0.481. The maximum atomic E-state index is 12.0. The summed E-state index contributed by atoms with van der Waals surface area (Å²) in [6.07, 6.45) is -0.311. The number of H-pyrrole nitrogens is 1. The summed E-state index contributed by atoms with van der Waals surface area (Å²) in [6.45, 7) is 0. The number of halogens is 2. The van der Waals surface area contributed by atoms with E-state index in [2.05, 4.69) is 9.97 Å². The van der Waals surface area contributed by atoms with Crippen molar-refractivity contribution in [2.45, 2.75) is 5.16 Å². The van der Waals surface area contributed by atoms with Crippen LogP contribution >= 0.6 is 11.8 Å². The van der Waals surface area contributed by atoms with Gasteiger partial charge in [0.1, 0.15) is 6.43 Å². The van der Waals surface area contributed by atoms with Crippen LogP contribution in [-0.4, -0.2) is 16.2 Å². The van der Waals surface area contributed by atoms with Gasteiger partial charge in [-0.3, -0.25) is 18.6 Å². The van der Waals surface area contributed by atoms with Crippen LogP contribution in [0.3, 0.4) is 0 Å². The zero-order valence-corrected chi connectivity index (χ0v) is 10.3. The van der Waals surface area contributed by atoms with Crippen LogP contribution in [0, 0.1) is 6.43 Å². The molecule has 0 spiro atoms. The molecule has 0 bridgehead atoms. The molecule has 0 radical (unpaired) electrons. The number of nitrogens with zero attached hydrogens (tertiary/aromatic N) is 1. The van der Waals surface area contributed by atoms with Crippen molar-refractivity contribution in [3.05, 3.63) is 28.5 Å². The molecule has 0 amide bonds. The molecule has 3 nitrogen and oxygen atoms in total. The summed E-state index contributed by atoms with van der Waals surface area (Å²) in [5, 5.41) is 0.185. The van der Waals surface area contributed by atoms with Gasteiger partial charge in [-0.05, 0) is 11.9 Å². The molecule has 0 aliphatic rings. The average molecular weight is 375 g/mol. The van der Waals surface area contributed by atoms with E-state index in [-0.39, 0.29) is 26.2 Å². The molecule has 1 N–H and O–H groups in total. The van der Waals surface area contributed by atoms with E-state index in [1.807, 2.05) is 0 Å². The first-order valence-electron chi connectivity index (χ1n) is 2.97. The summed E-state index contributed by atoms with van der Waals surface area (Å²) in [6, 6.07) is 0.759. The van der Waals surface area contributed by atoms with E-state index in [0.717, 1.165) is 17.8 Å². The third-order valence-electron chi connectivity index (χ3n) is 1.11.